The molecule has 0 aromatic carbocycles. The molecule has 0 bridgehead atoms. The van der Waals surface area contributed by atoms with Crippen LogP contribution in [0, 0.1) is 11.7 Å². The minimum absolute atomic E-state index is 0.571. The summed E-state index contributed by atoms with van der Waals surface area (Å²) >= 11 is 5.34. The maximum absolute atomic E-state index is 5.34. The minimum atomic E-state index is 0.571. The van der Waals surface area contributed by atoms with Gasteiger partial charge in [0.15, 0.2) is 10.4 Å². The molecular weight excluding hydrogens is 206 g/mol. The molecule has 1 aliphatic rings. The lowest BCUT2D eigenvalue weighted by molar-refractivity contribution is 0.316. The quantitative estimate of drug-likeness (QED) is 0.748. The summed E-state index contributed by atoms with van der Waals surface area (Å²) in [6.07, 6.45) is 5.68. The highest BCUT2D eigenvalue weighted by Gasteiger charge is 2.22. The molecule has 2 aromatic heterocycles. The van der Waals surface area contributed by atoms with Gasteiger partial charge in [-0.1, -0.05) is 0 Å². The van der Waals surface area contributed by atoms with Crippen molar-refractivity contribution in [2.75, 3.05) is 0 Å². The largest absolute Gasteiger partial charge is 0.329 e. The summed E-state index contributed by atoms with van der Waals surface area (Å²) in [6.45, 7) is 2.05. The number of imidazole rings is 1. The van der Waals surface area contributed by atoms with E-state index in [1.165, 1.54) is 24.8 Å². The molecule has 1 saturated carbocycles. The molecule has 1 aliphatic carbocycles. The normalized spacial score (nSPS) is 16.9. The second kappa shape index (κ2) is 3.17. The van der Waals surface area contributed by atoms with E-state index in [1.54, 1.807) is 0 Å². The molecule has 0 spiro atoms. The maximum atomic E-state index is 5.34. The smallest absolute Gasteiger partial charge is 0.179 e. The molecule has 3 rings (SSSR count). The maximum Gasteiger partial charge on any atom is 0.179 e. The first-order chi connectivity index (χ1) is 7.25. The fourth-order valence-corrected chi connectivity index (χ4v) is 2.45. The summed E-state index contributed by atoms with van der Waals surface area (Å²) in [5.41, 5.74) is 3.24. The number of aromatic nitrogens is 3. The Kier molecular flexibility index (Phi) is 1.92. The Balaban J connectivity index is 2.27. The van der Waals surface area contributed by atoms with Crippen molar-refractivity contribution in [3.8, 4) is 0 Å². The van der Waals surface area contributed by atoms with Crippen LogP contribution >= 0.6 is 12.2 Å². The SMILES string of the molecule is Cc1cnc2c(c1)[nH]c(=S)n2C1CCC1. The minimum Gasteiger partial charge on any atom is -0.329 e. The van der Waals surface area contributed by atoms with Gasteiger partial charge in [0.05, 0.1) is 5.52 Å². The number of hydrogen-bond donors (Lipinski definition) is 1. The molecule has 0 atom stereocenters. The highest BCUT2D eigenvalue weighted by molar-refractivity contribution is 7.71. The van der Waals surface area contributed by atoms with Crippen molar-refractivity contribution in [2.45, 2.75) is 32.2 Å². The predicted molar refractivity (Wildman–Crippen MR) is 62.5 cm³/mol. The lowest BCUT2D eigenvalue weighted by atomic mass is 9.93. The molecule has 3 nitrogen and oxygen atoms in total. The van der Waals surface area contributed by atoms with Gasteiger partial charge in [0.2, 0.25) is 0 Å². The third kappa shape index (κ3) is 1.32. The van der Waals surface area contributed by atoms with Crippen LogP contribution in [0.4, 0.5) is 0 Å². The van der Waals surface area contributed by atoms with Crippen LogP contribution in [-0.2, 0) is 0 Å². The number of pyridine rings is 1. The average Bonchev–Trinajstić information content (AvgIpc) is 2.40. The van der Waals surface area contributed by atoms with Crippen molar-refractivity contribution in [1.82, 2.24) is 14.5 Å². The van der Waals surface area contributed by atoms with E-state index in [9.17, 15) is 0 Å². The summed E-state index contributed by atoms with van der Waals surface area (Å²) in [7, 11) is 0. The lowest BCUT2D eigenvalue weighted by Crippen LogP contribution is -2.17. The van der Waals surface area contributed by atoms with Crippen molar-refractivity contribution in [2.24, 2.45) is 0 Å². The zero-order valence-electron chi connectivity index (χ0n) is 8.66. The van der Waals surface area contributed by atoms with Gasteiger partial charge in [-0.3, -0.25) is 4.57 Å². The summed E-state index contributed by atoms with van der Waals surface area (Å²) < 4.78 is 2.99. The van der Waals surface area contributed by atoms with Gasteiger partial charge in [0.1, 0.15) is 0 Å². The van der Waals surface area contributed by atoms with E-state index in [-0.39, 0.29) is 0 Å². The summed E-state index contributed by atoms with van der Waals surface area (Å²) in [5.74, 6) is 0. The molecule has 0 aliphatic heterocycles. The van der Waals surface area contributed by atoms with E-state index < -0.39 is 0 Å². The van der Waals surface area contributed by atoms with Gasteiger partial charge in [-0.15, -0.1) is 0 Å². The standard InChI is InChI=1S/C11H13N3S/c1-7-5-9-10(12-6-7)14(11(15)13-9)8-3-2-4-8/h5-6,8H,2-4H2,1H3,(H,13,15). The molecular formula is C11H13N3S. The molecule has 0 amide bonds. The van der Waals surface area contributed by atoms with E-state index in [0.717, 1.165) is 15.9 Å². The topological polar surface area (TPSA) is 33.6 Å². The van der Waals surface area contributed by atoms with Crippen molar-refractivity contribution < 1.29 is 0 Å². The molecule has 1 fully saturated rings. The van der Waals surface area contributed by atoms with Gasteiger partial charge in [0, 0.05) is 12.2 Å². The monoisotopic (exact) mass is 219 g/mol. The Hall–Kier alpha value is -1.16. The zero-order valence-corrected chi connectivity index (χ0v) is 9.47. The van der Waals surface area contributed by atoms with E-state index >= 15 is 0 Å². The predicted octanol–water partition coefficient (Wildman–Crippen LogP) is 3.13. The average molecular weight is 219 g/mol. The van der Waals surface area contributed by atoms with Crippen molar-refractivity contribution in [1.29, 1.82) is 0 Å². The van der Waals surface area contributed by atoms with E-state index in [2.05, 4.69) is 20.6 Å². The van der Waals surface area contributed by atoms with Crippen LogP contribution in [0.1, 0.15) is 30.9 Å². The van der Waals surface area contributed by atoms with Crippen molar-refractivity contribution in [3.05, 3.63) is 22.6 Å². The van der Waals surface area contributed by atoms with Crippen LogP contribution in [0.5, 0.6) is 0 Å². The number of aryl methyl sites for hydroxylation is 1. The van der Waals surface area contributed by atoms with Crippen LogP contribution in [0.3, 0.4) is 0 Å². The number of nitrogens with zero attached hydrogens (tertiary/aromatic N) is 2. The van der Waals surface area contributed by atoms with Crippen LogP contribution in [-0.4, -0.2) is 14.5 Å². The number of rotatable bonds is 1. The van der Waals surface area contributed by atoms with Crippen LogP contribution < -0.4 is 0 Å². The molecule has 1 N–H and O–H groups in total. The molecule has 78 valence electrons. The van der Waals surface area contributed by atoms with Gasteiger partial charge >= 0.3 is 0 Å². The van der Waals surface area contributed by atoms with Gasteiger partial charge < -0.3 is 4.98 Å². The van der Waals surface area contributed by atoms with Crippen LogP contribution in [0.2, 0.25) is 0 Å². The van der Waals surface area contributed by atoms with Crippen LogP contribution in [0.15, 0.2) is 12.3 Å². The fraction of sp³-hybridized carbons (Fsp3) is 0.455. The zero-order chi connectivity index (χ0) is 10.4. The Morgan fingerprint density at radius 3 is 3.00 bits per heavy atom. The number of hydrogen-bond acceptors (Lipinski definition) is 2. The van der Waals surface area contributed by atoms with E-state index in [1.807, 2.05) is 13.1 Å². The Morgan fingerprint density at radius 2 is 2.33 bits per heavy atom. The second-order valence-corrected chi connectivity index (χ2v) is 4.66. The first-order valence-electron chi connectivity index (χ1n) is 5.32. The fourth-order valence-electron chi connectivity index (χ4n) is 2.10. The first-order valence-corrected chi connectivity index (χ1v) is 5.73. The summed E-state index contributed by atoms with van der Waals surface area (Å²) in [4.78, 5) is 7.70. The van der Waals surface area contributed by atoms with E-state index in [4.69, 9.17) is 12.2 Å². The molecule has 15 heavy (non-hydrogen) atoms. The van der Waals surface area contributed by atoms with Gasteiger partial charge in [0.25, 0.3) is 0 Å². The molecule has 2 aromatic rings. The first kappa shape index (κ1) is 9.09. The number of fused-ring (bicyclic) bond motifs is 1. The summed E-state index contributed by atoms with van der Waals surface area (Å²) in [6, 6.07) is 2.68. The summed E-state index contributed by atoms with van der Waals surface area (Å²) in [5, 5.41) is 0. The van der Waals surface area contributed by atoms with Crippen LogP contribution in [0.25, 0.3) is 11.2 Å². The van der Waals surface area contributed by atoms with Crippen molar-refractivity contribution in [3.63, 3.8) is 0 Å². The molecule has 0 unspecified atom stereocenters. The van der Waals surface area contributed by atoms with Gasteiger partial charge in [-0.2, -0.15) is 0 Å². The number of nitrogens with one attached hydrogen (secondary N) is 1. The Bertz CT molecular complexity index is 563. The lowest BCUT2D eigenvalue weighted by Gasteiger charge is -2.26. The highest BCUT2D eigenvalue weighted by atomic mass is 32.1. The number of H-pyrrole nitrogens is 1. The van der Waals surface area contributed by atoms with Gasteiger partial charge in [-0.05, 0) is 50.0 Å². The molecule has 4 heteroatoms. The Morgan fingerprint density at radius 1 is 1.53 bits per heavy atom. The van der Waals surface area contributed by atoms with Crippen molar-refractivity contribution >= 4 is 23.4 Å². The molecule has 2 heterocycles. The second-order valence-electron chi connectivity index (χ2n) is 4.27. The molecule has 0 saturated heterocycles. The molecule has 0 radical (unpaired) electrons. The van der Waals surface area contributed by atoms with Gasteiger partial charge in [-0.25, -0.2) is 4.98 Å². The van der Waals surface area contributed by atoms with E-state index in [0.29, 0.717) is 6.04 Å². The third-order valence-electron chi connectivity index (χ3n) is 3.13. The number of aromatic amines is 1. The highest BCUT2D eigenvalue weighted by Crippen LogP contribution is 2.33. The Labute approximate surface area is 93.1 Å². The third-order valence-corrected chi connectivity index (χ3v) is 3.43.